The van der Waals surface area contributed by atoms with Gasteiger partial charge >= 0.3 is 6.18 Å². The van der Waals surface area contributed by atoms with Gasteiger partial charge in [-0.2, -0.15) is 13.2 Å². The molecule has 0 unspecified atom stereocenters. The highest BCUT2D eigenvalue weighted by molar-refractivity contribution is 6.07. The number of alkyl halides is 3. The lowest BCUT2D eigenvalue weighted by Crippen LogP contribution is -2.50. The number of benzene rings is 2. The summed E-state index contributed by atoms with van der Waals surface area (Å²) in [7, 11) is 3.16. The summed E-state index contributed by atoms with van der Waals surface area (Å²) in [6, 6.07) is 10.7. The van der Waals surface area contributed by atoms with Crippen molar-refractivity contribution in [2.24, 2.45) is 0 Å². The third kappa shape index (κ3) is 3.74. The number of rotatable bonds is 2. The van der Waals surface area contributed by atoms with Crippen molar-refractivity contribution in [1.29, 1.82) is 0 Å². The molecule has 0 saturated carbocycles. The Labute approximate surface area is 153 Å². The quantitative estimate of drug-likeness (QED) is 0.807. The predicted octanol–water partition coefficient (Wildman–Crippen LogP) is 3.20. The standard InChI is InChI=1S/C19H17F3N2O3/c1-23(2)18(26)16-11-24(14-5-3-4-6-15(14)27-16)17(25)12-7-9-13(10-8-12)19(20,21)22/h3-10,16H,11H2,1-2H3/t16-/m1/s1. The Balaban J connectivity index is 1.94. The Morgan fingerprint density at radius 1 is 1.07 bits per heavy atom. The minimum Gasteiger partial charge on any atom is -0.476 e. The van der Waals surface area contributed by atoms with Gasteiger partial charge < -0.3 is 14.5 Å². The summed E-state index contributed by atoms with van der Waals surface area (Å²) in [6.45, 7) is -0.0338. The molecule has 1 aliphatic rings. The fourth-order valence-corrected chi connectivity index (χ4v) is 2.80. The molecule has 0 radical (unpaired) electrons. The number of nitrogens with zero attached hydrogens (tertiary/aromatic N) is 2. The number of para-hydroxylation sites is 2. The van der Waals surface area contributed by atoms with Gasteiger partial charge in [-0.25, -0.2) is 0 Å². The maximum atomic E-state index is 12.9. The molecule has 5 nitrogen and oxygen atoms in total. The number of anilines is 1. The lowest BCUT2D eigenvalue weighted by Gasteiger charge is -2.35. The Morgan fingerprint density at radius 2 is 1.70 bits per heavy atom. The van der Waals surface area contributed by atoms with E-state index in [-0.39, 0.29) is 18.0 Å². The number of ether oxygens (including phenoxy) is 1. The number of likely N-dealkylation sites (N-methyl/N-ethyl adjacent to an activating group) is 1. The topological polar surface area (TPSA) is 49.9 Å². The molecule has 0 aliphatic carbocycles. The van der Waals surface area contributed by atoms with Crippen molar-refractivity contribution in [3.8, 4) is 5.75 Å². The molecule has 0 saturated heterocycles. The van der Waals surface area contributed by atoms with Gasteiger partial charge in [-0.3, -0.25) is 9.59 Å². The molecule has 2 aromatic carbocycles. The summed E-state index contributed by atoms with van der Waals surface area (Å²) < 4.78 is 43.9. The van der Waals surface area contributed by atoms with Gasteiger partial charge in [0.2, 0.25) is 0 Å². The van der Waals surface area contributed by atoms with Gasteiger partial charge in [0.05, 0.1) is 17.8 Å². The van der Waals surface area contributed by atoms with Crippen LogP contribution in [0.4, 0.5) is 18.9 Å². The molecule has 8 heteroatoms. The number of carbonyl (C=O) groups is 2. The van der Waals surface area contributed by atoms with Crippen LogP contribution in [0.15, 0.2) is 48.5 Å². The van der Waals surface area contributed by atoms with Gasteiger partial charge in [-0.1, -0.05) is 12.1 Å². The molecule has 27 heavy (non-hydrogen) atoms. The van der Waals surface area contributed by atoms with E-state index in [0.717, 1.165) is 24.3 Å². The first-order valence-electron chi connectivity index (χ1n) is 8.14. The minimum atomic E-state index is -4.48. The predicted molar refractivity (Wildman–Crippen MR) is 92.7 cm³/mol. The van der Waals surface area contributed by atoms with Crippen molar-refractivity contribution in [2.45, 2.75) is 12.3 Å². The second kappa shape index (κ2) is 6.94. The molecule has 142 valence electrons. The highest BCUT2D eigenvalue weighted by Gasteiger charge is 2.35. The number of carbonyl (C=O) groups excluding carboxylic acids is 2. The first kappa shape index (κ1) is 18.8. The van der Waals surface area contributed by atoms with E-state index < -0.39 is 23.8 Å². The molecule has 0 fully saturated rings. The number of fused-ring (bicyclic) bond motifs is 1. The largest absolute Gasteiger partial charge is 0.476 e. The summed E-state index contributed by atoms with van der Waals surface area (Å²) >= 11 is 0. The highest BCUT2D eigenvalue weighted by Crippen LogP contribution is 2.35. The van der Waals surface area contributed by atoms with Gasteiger partial charge in [0.25, 0.3) is 11.8 Å². The molecule has 1 atom stereocenters. The van der Waals surface area contributed by atoms with Gasteiger partial charge in [-0.05, 0) is 36.4 Å². The summed E-state index contributed by atoms with van der Waals surface area (Å²) in [5.74, 6) is -0.449. The fourth-order valence-electron chi connectivity index (χ4n) is 2.80. The van der Waals surface area contributed by atoms with E-state index in [0.29, 0.717) is 11.4 Å². The molecular formula is C19H17F3N2O3. The van der Waals surface area contributed by atoms with Crippen molar-refractivity contribution in [1.82, 2.24) is 4.90 Å². The van der Waals surface area contributed by atoms with E-state index in [4.69, 9.17) is 4.74 Å². The first-order valence-corrected chi connectivity index (χ1v) is 8.14. The third-order valence-electron chi connectivity index (χ3n) is 4.19. The maximum absolute atomic E-state index is 12.9. The molecule has 2 amide bonds. The molecule has 3 rings (SSSR count). The van der Waals surface area contributed by atoms with Gasteiger partial charge in [0, 0.05) is 19.7 Å². The molecule has 0 bridgehead atoms. The highest BCUT2D eigenvalue weighted by atomic mass is 19.4. The molecule has 0 N–H and O–H groups in total. The van der Waals surface area contributed by atoms with Crippen LogP contribution in [0.1, 0.15) is 15.9 Å². The van der Waals surface area contributed by atoms with Gasteiger partial charge in [0.15, 0.2) is 6.10 Å². The smallest absolute Gasteiger partial charge is 0.416 e. The van der Waals surface area contributed by atoms with E-state index in [2.05, 4.69) is 0 Å². The van der Waals surface area contributed by atoms with Crippen molar-refractivity contribution in [2.75, 3.05) is 25.5 Å². The molecule has 0 aromatic heterocycles. The maximum Gasteiger partial charge on any atom is 0.416 e. The van der Waals surface area contributed by atoms with Crippen LogP contribution in [0.5, 0.6) is 5.75 Å². The van der Waals surface area contributed by atoms with E-state index in [1.165, 1.54) is 9.80 Å². The second-order valence-corrected chi connectivity index (χ2v) is 6.30. The van der Waals surface area contributed by atoms with E-state index >= 15 is 0 Å². The molecule has 2 aromatic rings. The van der Waals surface area contributed by atoms with E-state index in [1.54, 1.807) is 38.4 Å². The van der Waals surface area contributed by atoms with Crippen molar-refractivity contribution >= 4 is 17.5 Å². The monoisotopic (exact) mass is 378 g/mol. The Bertz CT molecular complexity index is 863. The average molecular weight is 378 g/mol. The fraction of sp³-hybridized carbons (Fsp3) is 0.263. The molecule has 1 heterocycles. The SMILES string of the molecule is CN(C)C(=O)[C@H]1CN(C(=O)c2ccc(C(F)(F)F)cc2)c2ccccc2O1. The lowest BCUT2D eigenvalue weighted by atomic mass is 10.1. The van der Waals surface area contributed by atoms with Gasteiger partial charge in [-0.15, -0.1) is 0 Å². The number of hydrogen-bond donors (Lipinski definition) is 0. The molecular weight excluding hydrogens is 361 g/mol. The lowest BCUT2D eigenvalue weighted by molar-refractivity contribution is -0.137. The zero-order valence-electron chi connectivity index (χ0n) is 14.7. The first-order chi connectivity index (χ1) is 12.7. The molecule has 1 aliphatic heterocycles. The van der Waals surface area contributed by atoms with Crippen LogP contribution in [-0.4, -0.2) is 43.5 Å². The summed E-state index contributed by atoms with van der Waals surface area (Å²) in [5.41, 5.74) is -0.275. The summed E-state index contributed by atoms with van der Waals surface area (Å²) in [4.78, 5) is 27.9. The zero-order valence-corrected chi connectivity index (χ0v) is 14.7. The third-order valence-corrected chi connectivity index (χ3v) is 4.19. The Hall–Kier alpha value is -3.03. The van der Waals surface area contributed by atoms with Crippen LogP contribution in [0.2, 0.25) is 0 Å². The van der Waals surface area contributed by atoms with Crippen LogP contribution in [0.25, 0.3) is 0 Å². The number of amides is 2. The average Bonchev–Trinajstić information content (AvgIpc) is 2.65. The molecule has 0 spiro atoms. The van der Waals surface area contributed by atoms with E-state index in [9.17, 15) is 22.8 Å². The zero-order chi connectivity index (χ0) is 19.8. The van der Waals surface area contributed by atoms with Crippen LogP contribution < -0.4 is 9.64 Å². The summed E-state index contributed by atoms with van der Waals surface area (Å²) in [5, 5.41) is 0. The van der Waals surface area contributed by atoms with Crippen molar-refractivity contribution in [3.05, 3.63) is 59.7 Å². The van der Waals surface area contributed by atoms with Crippen LogP contribution in [-0.2, 0) is 11.0 Å². The van der Waals surface area contributed by atoms with Crippen LogP contribution >= 0.6 is 0 Å². The second-order valence-electron chi connectivity index (χ2n) is 6.30. The number of halogens is 3. The van der Waals surface area contributed by atoms with Crippen molar-refractivity contribution < 1.29 is 27.5 Å². The van der Waals surface area contributed by atoms with Crippen LogP contribution in [0.3, 0.4) is 0 Å². The van der Waals surface area contributed by atoms with E-state index in [1.807, 2.05) is 0 Å². The normalized spacial score (nSPS) is 16.3. The van der Waals surface area contributed by atoms with Gasteiger partial charge in [0.1, 0.15) is 5.75 Å². The minimum absolute atomic E-state index is 0.0338. The van der Waals surface area contributed by atoms with Crippen molar-refractivity contribution in [3.63, 3.8) is 0 Å². The Morgan fingerprint density at radius 3 is 2.30 bits per heavy atom. The van der Waals surface area contributed by atoms with Crippen LogP contribution in [0, 0.1) is 0 Å². The Kier molecular flexibility index (Phi) is 4.82. The summed E-state index contributed by atoms with van der Waals surface area (Å²) in [6.07, 6.45) is -5.37. The number of hydrogen-bond acceptors (Lipinski definition) is 3.